The van der Waals surface area contributed by atoms with Crippen LogP contribution in [0, 0.1) is 6.92 Å². The number of benzene rings is 1. The molecule has 0 N–H and O–H groups in total. The molecule has 0 amide bonds. The zero-order chi connectivity index (χ0) is 20.3. The molecule has 0 spiro atoms. The van der Waals surface area contributed by atoms with E-state index in [1.165, 1.54) is 43.5 Å². The number of rotatable bonds is 11. The summed E-state index contributed by atoms with van der Waals surface area (Å²) < 4.78 is 4.86. The molecule has 0 aliphatic carbocycles. The van der Waals surface area contributed by atoms with Gasteiger partial charge in [-0.3, -0.25) is 4.98 Å². The molecule has 2 heterocycles. The molecule has 1 aliphatic rings. The fraction of sp³-hybridized carbons (Fsp3) is 0.478. The summed E-state index contributed by atoms with van der Waals surface area (Å²) in [6.07, 6.45) is 9.92. The van der Waals surface area contributed by atoms with Gasteiger partial charge in [-0.05, 0) is 56.4 Å². The minimum absolute atomic E-state index is 0.605. The lowest BCUT2D eigenvalue weighted by Crippen LogP contribution is -2.13. The average Bonchev–Trinajstić information content (AvgIpc) is 3.21. The Morgan fingerprint density at radius 1 is 1.10 bits per heavy atom. The first-order valence-corrected chi connectivity index (χ1v) is 11.3. The van der Waals surface area contributed by atoms with E-state index in [4.69, 9.17) is 4.84 Å². The maximum atomic E-state index is 5.00. The number of nitrogens with zero attached hydrogens (tertiary/aromatic N) is 4. The summed E-state index contributed by atoms with van der Waals surface area (Å²) in [6, 6.07) is 12.9. The van der Waals surface area contributed by atoms with Gasteiger partial charge in [-0.1, -0.05) is 42.3 Å². The van der Waals surface area contributed by atoms with E-state index < -0.39 is 0 Å². The van der Waals surface area contributed by atoms with Crippen LogP contribution in [0.5, 0.6) is 0 Å². The number of hydrogen-bond donors (Lipinski definition) is 0. The Morgan fingerprint density at radius 3 is 2.72 bits per heavy atom. The molecule has 1 saturated heterocycles. The normalized spacial score (nSPS) is 14.8. The summed E-state index contributed by atoms with van der Waals surface area (Å²) >= 11 is 1.86. The monoisotopic (exact) mass is 412 g/mol. The van der Waals surface area contributed by atoms with Gasteiger partial charge < -0.3 is 9.14 Å². The lowest BCUT2D eigenvalue weighted by atomic mass is 10.0. The second-order valence-corrected chi connectivity index (χ2v) is 8.45. The number of oxime groups is 1. The molecule has 1 fully saturated rings. The van der Waals surface area contributed by atoms with Crippen LogP contribution in [0.3, 0.4) is 0 Å². The predicted molar refractivity (Wildman–Crippen MR) is 123 cm³/mol. The van der Waals surface area contributed by atoms with Crippen LogP contribution >= 0.6 is 12.1 Å². The van der Waals surface area contributed by atoms with Gasteiger partial charge in [0.1, 0.15) is 6.61 Å². The van der Waals surface area contributed by atoms with Crippen LogP contribution in [0.4, 0.5) is 5.69 Å². The van der Waals surface area contributed by atoms with Gasteiger partial charge in [0.05, 0.1) is 11.9 Å². The average molecular weight is 413 g/mol. The van der Waals surface area contributed by atoms with Crippen molar-refractivity contribution in [2.45, 2.75) is 46.0 Å². The van der Waals surface area contributed by atoms with Crippen molar-refractivity contribution in [2.75, 3.05) is 30.5 Å². The molecule has 0 bridgehead atoms. The molecule has 1 aromatic heterocycles. The van der Waals surface area contributed by atoms with Crippen molar-refractivity contribution in [1.82, 2.24) is 9.29 Å². The van der Waals surface area contributed by atoms with E-state index in [2.05, 4.69) is 55.1 Å². The van der Waals surface area contributed by atoms with Gasteiger partial charge in [0.2, 0.25) is 0 Å². The molecule has 0 unspecified atom stereocenters. The van der Waals surface area contributed by atoms with Gasteiger partial charge in [-0.2, -0.15) is 0 Å². The summed E-state index contributed by atoms with van der Waals surface area (Å²) in [4.78, 5) is 9.29. The van der Waals surface area contributed by atoms with Gasteiger partial charge in [0.25, 0.3) is 0 Å². The quantitative estimate of drug-likeness (QED) is 0.218. The van der Waals surface area contributed by atoms with Crippen molar-refractivity contribution in [3.05, 3.63) is 59.4 Å². The number of anilines is 1. The van der Waals surface area contributed by atoms with E-state index in [-0.39, 0.29) is 0 Å². The first-order valence-electron chi connectivity index (χ1n) is 10.6. The third kappa shape index (κ3) is 7.37. The van der Waals surface area contributed by atoms with Crippen molar-refractivity contribution < 1.29 is 4.84 Å². The van der Waals surface area contributed by atoms with Crippen LogP contribution < -0.4 is 4.31 Å². The topological polar surface area (TPSA) is 41.0 Å². The lowest BCUT2D eigenvalue weighted by Gasteiger charge is -2.18. The maximum Gasteiger partial charge on any atom is 0.114 e. The molecule has 2 aromatic rings. The smallest absolute Gasteiger partial charge is 0.114 e. The highest BCUT2D eigenvalue weighted by atomic mass is 32.2. The lowest BCUT2D eigenvalue weighted by molar-refractivity contribution is 0.160. The second kappa shape index (κ2) is 11.8. The highest BCUT2D eigenvalue weighted by Gasteiger charge is 2.21. The van der Waals surface area contributed by atoms with Crippen molar-refractivity contribution >= 4 is 24.0 Å². The van der Waals surface area contributed by atoms with Crippen LogP contribution in [0.25, 0.3) is 0 Å². The molecule has 156 valence electrons. The van der Waals surface area contributed by atoms with Crippen LogP contribution in [-0.4, -0.2) is 41.7 Å². The van der Waals surface area contributed by atoms with E-state index in [9.17, 15) is 0 Å². The largest absolute Gasteiger partial charge is 0.396 e. The van der Waals surface area contributed by atoms with Gasteiger partial charge in [-0.15, -0.1) is 0 Å². The zero-order valence-electron chi connectivity index (χ0n) is 17.6. The van der Waals surface area contributed by atoms with Gasteiger partial charge in [0, 0.05) is 43.7 Å². The van der Waals surface area contributed by atoms with Gasteiger partial charge >= 0.3 is 0 Å². The molecule has 1 aliphatic heterocycles. The number of hydrogen-bond acceptors (Lipinski definition) is 6. The zero-order valence-corrected chi connectivity index (χ0v) is 18.4. The van der Waals surface area contributed by atoms with Crippen LogP contribution in [0.1, 0.15) is 49.4 Å². The molecular weight excluding hydrogens is 380 g/mol. The minimum Gasteiger partial charge on any atom is -0.396 e. The fourth-order valence-corrected chi connectivity index (χ4v) is 4.38. The summed E-state index contributed by atoms with van der Waals surface area (Å²) in [7, 11) is 0. The second-order valence-electron chi connectivity index (χ2n) is 7.33. The molecule has 5 nitrogen and oxygen atoms in total. The summed E-state index contributed by atoms with van der Waals surface area (Å²) in [5.74, 6) is 0. The van der Waals surface area contributed by atoms with E-state index in [1.54, 1.807) is 6.21 Å². The van der Waals surface area contributed by atoms with E-state index in [1.807, 2.05) is 32.2 Å². The fourth-order valence-electron chi connectivity index (χ4n) is 3.35. The van der Waals surface area contributed by atoms with Crippen molar-refractivity contribution in [1.29, 1.82) is 0 Å². The van der Waals surface area contributed by atoms with Gasteiger partial charge in [0.15, 0.2) is 0 Å². The number of unbranched alkanes of at least 4 members (excludes halogenated alkanes) is 3. The molecule has 29 heavy (non-hydrogen) atoms. The van der Waals surface area contributed by atoms with Gasteiger partial charge in [-0.25, -0.2) is 4.31 Å². The maximum absolute atomic E-state index is 5.00. The Kier molecular flexibility index (Phi) is 8.83. The Hall–Kier alpha value is -2.05. The highest BCUT2D eigenvalue weighted by molar-refractivity contribution is 7.98. The summed E-state index contributed by atoms with van der Waals surface area (Å²) in [6.45, 7) is 7.97. The van der Waals surface area contributed by atoms with E-state index >= 15 is 0 Å². The molecule has 0 saturated carbocycles. The Morgan fingerprint density at radius 2 is 1.93 bits per heavy atom. The Labute approximate surface area is 179 Å². The summed E-state index contributed by atoms with van der Waals surface area (Å²) in [5.41, 5.74) is 4.83. The Balaban J connectivity index is 1.27. The van der Waals surface area contributed by atoms with E-state index in [0.29, 0.717) is 6.61 Å². The molecule has 0 atom stereocenters. The van der Waals surface area contributed by atoms with Crippen molar-refractivity contribution in [3.63, 3.8) is 0 Å². The first kappa shape index (κ1) is 21.7. The third-order valence-electron chi connectivity index (χ3n) is 4.94. The molecule has 6 heteroatoms. The Bertz CT molecular complexity index is 766. The van der Waals surface area contributed by atoms with Crippen molar-refractivity contribution in [2.24, 2.45) is 5.16 Å². The van der Waals surface area contributed by atoms with Crippen LogP contribution in [0.2, 0.25) is 0 Å². The molecule has 1 aromatic carbocycles. The highest BCUT2D eigenvalue weighted by Crippen LogP contribution is 2.30. The van der Waals surface area contributed by atoms with Crippen LogP contribution in [0.15, 0.2) is 47.8 Å². The first-order chi connectivity index (χ1) is 14.2. The molecule has 0 radical (unpaired) electrons. The molecule has 3 rings (SSSR count). The SMILES string of the molecule is CCO/N=C/c1ccc(CCCCCCN2CCN(c3ccnc(C)c3)S2)cc1. The number of pyridine rings is 1. The van der Waals surface area contributed by atoms with E-state index in [0.717, 1.165) is 30.8 Å². The minimum atomic E-state index is 0.605. The van der Waals surface area contributed by atoms with Crippen molar-refractivity contribution in [3.8, 4) is 0 Å². The molecular formula is C23H32N4OS. The predicted octanol–water partition coefficient (Wildman–Crippen LogP) is 5.25. The summed E-state index contributed by atoms with van der Waals surface area (Å²) in [5, 5.41) is 3.91. The van der Waals surface area contributed by atoms with Crippen LogP contribution in [-0.2, 0) is 11.3 Å². The standard InChI is InChI=1S/C23H32N4OS/c1-3-28-25-19-22-11-9-21(10-12-22)8-6-4-5-7-15-26-16-17-27(29-26)23-13-14-24-20(2)18-23/h9-14,18-19H,3-8,15-17H2,1-2H3/b25-19+. The number of aromatic nitrogens is 1. The number of aryl methyl sites for hydroxylation is 2. The third-order valence-corrected chi connectivity index (χ3v) is 6.13.